The number of pyridine rings is 1. The molecule has 0 aliphatic heterocycles. The van der Waals surface area contributed by atoms with E-state index in [1.54, 1.807) is 22.6 Å². The Morgan fingerprint density at radius 1 is 1.64 bits per heavy atom. The lowest BCUT2D eigenvalue weighted by atomic mass is 10.2. The highest BCUT2D eigenvalue weighted by atomic mass is 127. The Morgan fingerprint density at radius 2 is 2.21 bits per heavy atom. The van der Waals surface area contributed by atoms with Crippen LogP contribution in [-0.2, 0) is 0 Å². The lowest BCUT2D eigenvalue weighted by molar-refractivity contribution is 0.0990. The molecule has 0 bridgehead atoms. The standard InChI is InChI=1S/C7H5F2IN2O2/c8-6(9)4-2(10)1-3(13)5(12-4)7(11)14/h1,6,13H,(H2,11,14). The topological polar surface area (TPSA) is 76.2 Å². The number of carbonyl (C=O) groups is 1. The van der Waals surface area contributed by atoms with Crippen molar-refractivity contribution in [2.75, 3.05) is 0 Å². The second kappa shape index (κ2) is 4.03. The summed E-state index contributed by atoms with van der Waals surface area (Å²) in [5.41, 5.74) is 3.73. The number of amides is 1. The molecule has 1 rings (SSSR count). The number of nitrogens with zero attached hydrogens (tertiary/aromatic N) is 1. The quantitative estimate of drug-likeness (QED) is 0.811. The van der Waals surface area contributed by atoms with Crippen molar-refractivity contribution < 1.29 is 18.7 Å². The first kappa shape index (κ1) is 11.1. The van der Waals surface area contributed by atoms with E-state index >= 15 is 0 Å². The Balaban J connectivity index is 3.34. The molecule has 1 heterocycles. The smallest absolute Gasteiger partial charge is 0.281 e. The van der Waals surface area contributed by atoms with Gasteiger partial charge in [-0.05, 0) is 28.7 Å². The normalized spacial score (nSPS) is 10.6. The Bertz CT molecular complexity index is 384. The summed E-state index contributed by atoms with van der Waals surface area (Å²) in [4.78, 5) is 13.9. The number of aromatic hydroxyl groups is 1. The molecule has 3 N–H and O–H groups in total. The van der Waals surface area contributed by atoms with Crippen molar-refractivity contribution >= 4 is 28.5 Å². The lowest BCUT2D eigenvalue weighted by Gasteiger charge is -2.05. The van der Waals surface area contributed by atoms with Gasteiger partial charge in [0.25, 0.3) is 12.3 Å². The number of carbonyl (C=O) groups excluding carboxylic acids is 1. The van der Waals surface area contributed by atoms with Crippen molar-refractivity contribution in [3.05, 3.63) is 21.0 Å². The molecule has 14 heavy (non-hydrogen) atoms. The van der Waals surface area contributed by atoms with Crippen molar-refractivity contribution in [2.24, 2.45) is 5.73 Å². The number of alkyl halides is 2. The van der Waals surface area contributed by atoms with Gasteiger partial charge < -0.3 is 10.8 Å². The van der Waals surface area contributed by atoms with Gasteiger partial charge in [0.05, 0.1) is 0 Å². The van der Waals surface area contributed by atoms with Gasteiger partial charge in [0, 0.05) is 3.57 Å². The number of primary amides is 1. The van der Waals surface area contributed by atoms with E-state index in [-0.39, 0.29) is 3.57 Å². The van der Waals surface area contributed by atoms with Gasteiger partial charge in [-0.1, -0.05) is 0 Å². The zero-order valence-electron chi connectivity index (χ0n) is 6.67. The van der Waals surface area contributed by atoms with Crippen LogP contribution >= 0.6 is 22.6 Å². The third-order valence-corrected chi connectivity index (χ3v) is 2.29. The first-order chi connectivity index (χ1) is 6.43. The minimum atomic E-state index is -2.81. The lowest BCUT2D eigenvalue weighted by Crippen LogP contribution is -2.15. The maximum absolute atomic E-state index is 12.3. The fourth-order valence-corrected chi connectivity index (χ4v) is 1.48. The summed E-state index contributed by atoms with van der Waals surface area (Å²) >= 11 is 1.59. The maximum Gasteiger partial charge on any atom is 0.281 e. The van der Waals surface area contributed by atoms with Gasteiger partial charge in [-0.25, -0.2) is 13.8 Å². The van der Waals surface area contributed by atoms with Gasteiger partial charge >= 0.3 is 0 Å². The van der Waals surface area contributed by atoms with Crippen LogP contribution in [-0.4, -0.2) is 16.0 Å². The van der Waals surface area contributed by atoms with Gasteiger partial charge in [0.15, 0.2) is 5.69 Å². The number of rotatable bonds is 2. The fraction of sp³-hybridized carbons (Fsp3) is 0.143. The summed E-state index contributed by atoms with van der Waals surface area (Å²) in [7, 11) is 0. The van der Waals surface area contributed by atoms with Gasteiger partial charge in [0.2, 0.25) is 0 Å². The molecule has 0 atom stereocenters. The highest BCUT2D eigenvalue weighted by molar-refractivity contribution is 14.1. The van der Waals surface area contributed by atoms with Gasteiger partial charge in [-0.3, -0.25) is 4.79 Å². The number of aromatic nitrogens is 1. The van der Waals surface area contributed by atoms with Crippen LogP contribution in [0.2, 0.25) is 0 Å². The molecule has 0 saturated carbocycles. The van der Waals surface area contributed by atoms with Crippen LogP contribution < -0.4 is 5.73 Å². The number of halogens is 3. The summed E-state index contributed by atoms with van der Waals surface area (Å²) in [5, 5.41) is 9.15. The van der Waals surface area contributed by atoms with E-state index in [1.807, 2.05) is 0 Å². The minimum absolute atomic E-state index is 0.0834. The SMILES string of the molecule is NC(=O)c1nc(C(F)F)c(I)cc1O. The molecular formula is C7H5F2IN2O2. The zero-order chi connectivity index (χ0) is 10.9. The zero-order valence-corrected chi connectivity index (χ0v) is 8.83. The molecule has 7 heteroatoms. The number of hydrogen-bond donors (Lipinski definition) is 2. The third kappa shape index (κ3) is 2.08. The molecule has 0 radical (unpaired) electrons. The summed E-state index contributed by atoms with van der Waals surface area (Å²) < 4.78 is 24.7. The summed E-state index contributed by atoms with van der Waals surface area (Å²) in [6.07, 6.45) is -2.81. The van der Waals surface area contributed by atoms with Crippen molar-refractivity contribution in [1.29, 1.82) is 0 Å². The molecule has 76 valence electrons. The molecule has 0 fully saturated rings. The fourth-order valence-electron chi connectivity index (χ4n) is 0.828. The Hall–Kier alpha value is -0.990. The maximum atomic E-state index is 12.3. The Labute approximate surface area is 91.3 Å². The Kier molecular flexibility index (Phi) is 3.19. The molecule has 0 unspecified atom stereocenters. The predicted octanol–water partition coefficient (Wildman–Crippen LogP) is 1.43. The largest absolute Gasteiger partial charge is 0.505 e. The van der Waals surface area contributed by atoms with Crippen molar-refractivity contribution in [3.8, 4) is 5.75 Å². The van der Waals surface area contributed by atoms with Crippen LogP contribution in [0.25, 0.3) is 0 Å². The van der Waals surface area contributed by atoms with E-state index in [0.29, 0.717) is 0 Å². The van der Waals surface area contributed by atoms with Gasteiger partial charge in [0.1, 0.15) is 11.4 Å². The summed E-state index contributed by atoms with van der Waals surface area (Å²) in [5.74, 6) is -1.54. The number of hydrogen-bond acceptors (Lipinski definition) is 3. The number of nitrogens with two attached hydrogens (primary N) is 1. The summed E-state index contributed by atoms with van der Waals surface area (Å²) in [6.45, 7) is 0. The average molecular weight is 314 g/mol. The molecule has 0 spiro atoms. The molecule has 1 aromatic heterocycles. The van der Waals surface area contributed by atoms with Crippen LogP contribution in [0.3, 0.4) is 0 Å². The minimum Gasteiger partial charge on any atom is -0.505 e. The second-order valence-electron chi connectivity index (χ2n) is 2.39. The first-order valence-corrected chi connectivity index (χ1v) is 4.48. The highest BCUT2D eigenvalue weighted by Crippen LogP contribution is 2.27. The average Bonchev–Trinajstić information content (AvgIpc) is 2.02. The van der Waals surface area contributed by atoms with E-state index in [0.717, 1.165) is 6.07 Å². The monoisotopic (exact) mass is 314 g/mol. The molecule has 4 nitrogen and oxygen atoms in total. The molecule has 0 saturated heterocycles. The van der Waals surface area contributed by atoms with Crippen LogP contribution in [0, 0.1) is 3.57 Å². The van der Waals surface area contributed by atoms with Crippen LogP contribution in [0.4, 0.5) is 8.78 Å². The van der Waals surface area contributed by atoms with Gasteiger partial charge in [-0.15, -0.1) is 0 Å². The molecule has 0 aliphatic rings. The highest BCUT2D eigenvalue weighted by Gasteiger charge is 2.19. The first-order valence-electron chi connectivity index (χ1n) is 3.41. The van der Waals surface area contributed by atoms with Crippen molar-refractivity contribution in [3.63, 3.8) is 0 Å². The van der Waals surface area contributed by atoms with E-state index in [4.69, 9.17) is 10.8 Å². The van der Waals surface area contributed by atoms with Crippen LogP contribution in [0.15, 0.2) is 6.07 Å². The molecule has 1 aromatic rings. The summed E-state index contributed by atoms with van der Waals surface area (Å²) in [6, 6.07) is 1.02. The van der Waals surface area contributed by atoms with Crippen LogP contribution in [0.1, 0.15) is 22.6 Å². The van der Waals surface area contributed by atoms with E-state index < -0.39 is 29.5 Å². The van der Waals surface area contributed by atoms with E-state index in [9.17, 15) is 13.6 Å². The Morgan fingerprint density at radius 3 is 2.64 bits per heavy atom. The van der Waals surface area contributed by atoms with Crippen molar-refractivity contribution in [1.82, 2.24) is 4.98 Å². The van der Waals surface area contributed by atoms with E-state index in [2.05, 4.69) is 4.98 Å². The second-order valence-corrected chi connectivity index (χ2v) is 3.55. The molecular weight excluding hydrogens is 309 g/mol. The third-order valence-electron chi connectivity index (χ3n) is 1.42. The van der Waals surface area contributed by atoms with Crippen molar-refractivity contribution in [2.45, 2.75) is 6.43 Å². The predicted molar refractivity (Wildman–Crippen MR) is 52.1 cm³/mol. The van der Waals surface area contributed by atoms with Gasteiger partial charge in [-0.2, -0.15) is 0 Å². The van der Waals surface area contributed by atoms with Crippen LogP contribution in [0.5, 0.6) is 5.75 Å². The molecule has 1 amide bonds. The van der Waals surface area contributed by atoms with E-state index in [1.165, 1.54) is 0 Å². The molecule has 0 aliphatic carbocycles. The molecule has 0 aromatic carbocycles.